The van der Waals surface area contributed by atoms with E-state index in [2.05, 4.69) is 10.2 Å². The van der Waals surface area contributed by atoms with Crippen LogP contribution in [0.25, 0.3) is 0 Å². The monoisotopic (exact) mass is 386 g/mol. The maximum absolute atomic E-state index is 12.9. The number of likely N-dealkylation sites (tertiary alicyclic amines) is 2. The highest BCUT2D eigenvalue weighted by molar-refractivity contribution is 5.79. The lowest BCUT2D eigenvalue weighted by molar-refractivity contribution is -0.133. The summed E-state index contributed by atoms with van der Waals surface area (Å²) in [5.74, 6) is 1.80. The number of amides is 2. The average molecular weight is 387 g/mol. The van der Waals surface area contributed by atoms with Crippen molar-refractivity contribution in [3.05, 3.63) is 17.1 Å². The molecule has 0 aromatic carbocycles. The topological polar surface area (TPSA) is 81.7 Å². The van der Waals surface area contributed by atoms with Gasteiger partial charge in [0.05, 0.1) is 24.8 Å². The zero-order valence-electron chi connectivity index (χ0n) is 16.9. The molecule has 1 N–H and O–H groups in total. The van der Waals surface area contributed by atoms with E-state index in [-0.39, 0.29) is 17.9 Å². The third-order valence-corrected chi connectivity index (χ3v) is 6.19. The van der Waals surface area contributed by atoms with E-state index in [1.807, 2.05) is 16.8 Å². The van der Waals surface area contributed by atoms with Gasteiger partial charge in [0.15, 0.2) is 5.82 Å². The van der Waals surface area contributed by atoms with Gasteiger partial charge in [-0.1, -0.05) is 0 Å². The van der Waals surface area contributed by atoms with Crippen molar-refractivity contribution < 1.29 is 9.59 Å². The highest BCUT2D eigenvalue weighted by atomic mass is 16.2. The molecule has 4 rings (SSSR count). The number of hydrogen-bond donors (Lipinski definition) is 1. The predicted molar refractivity (Wildman–Crippen MR) is 106 cm³/mol. The van der Waals surface area contributed by atoms with Crippen LogP contribution in [0.5, 0.6) is 0 Å². The van der Waals surface area contributed by atoms with Gasteiger partial charge in [0.25, 0.3) is 0 Å². The first-order chi connectivity index (χ1) is 13.6. The molecule has 0 aliphatic carbocycles. The molecule has 2 fully saturated rings. The summed E-state index contributed by atoms with van der Waals surface area (Å²) in [5, 5.41) is 3.20. The number of nitrogens with one attached hydrogen (secondary N) is 1. The van der Waals surface area contributed by atoms with E-state index in [0.717, 1.165) is 56.0 Å². The normalized spacial score (nSPS) is 22.4. The van der Waals surface area contributed by atoms with Crippen LogP contribution in [0.15, 0.2) is 0 Å². The Morgan fingerprint density at radius 3 is 2.61 bits per heavy atom. The third kappa shape index (κ3) is 3.70. The molecule has 1 aromatic rings. The van der Waals surface area contributed by atoms with E-state index in [1.165, 1.54) is 12.8 Å². The van der Waals surface area contributed by atoms with Crippen LogP contribution >= 0.6 is 0 Å². The molecule has 4 heterocycles. The van der Waals surface area contributed by atoms with Crippen molar-refractivity contribution in [3.8, 4) is 0 Å². The van der Waals surface area contributed by atoms with Gasteiger partial charge in [0, 0.05) is 32.6 Å². The summed E-state index contributed by atoms with van der Waals surface area (Å²) in [5.41, 5.74) is 2.01. The molecule has 3 aliphatic rings. The fourth-order valence-electron chi connectivity index (χ4n) is 4.63. The standard InChI is InChI=1S/C20H30N6O2/c1-14(27)25-11-7-15-16(12-25)22-20(23-19(15)21-2)17-6-5-10-26(17)18(28)13-24-8-3-4-9-24/h17H,3-13H2,1-2H3,(H,21,22,23). The summed E-state index contributed by atoms with van der Waals surface area (Å²) >= 11 is 0. The Labute approximate surface area is 166 Å². The average Bonchev–Trinajstić information content (AvgIpc) is 3.38. The molecule has 8 nitrogen and oxygen atoms in total. The van der Waals surface area contributed by atoms with E-state index in [9.17, 15) is 9.59 Å². The second-order valence-electron chi connectivity index (χ2n) is 8.02. The van der Waals surface area contributed by atoms with Crippen LogP contribution < -0.4 is 5.32 Å². The lowest BCUT2D eigenvalue weighted by Crippen LogP contribution is -2.40. The Morgan fingerprint density at radius 2 is 1.89 bits per heavy atom. The van der Waals surface area contributed by atoms with Crippen molar-refractivity contribution in [1.82, 2.24) is 24.7 Å². The quantitative estimate of drug-likeness (QED) is 0.837. The smallest absolute Gasteiger partial charge is 0.237 e. The Balaban J connectivity index is 1.58. The zero-order valence-corrected chi connectivity index (χ0v) is 16.9. The van der Waals surface area contributed by atoms with Crippen LogP contribution in [0.3, 0.4) is 0 Å². The molecule has 1 aromatic heterocycles. The molecular weight excluding hydrogens is 356 g/mol. The second-order valence-corrected chi connectivity index (χ2v) is 8.02. The van der Waals surface area contributed by atoms with Crippen LogP contribution in [0.2, 0.25) is 0 Å². The van der Waals surface area contributed by atoms with Crippen molar-refractivity contribution in [2.75, 3.05) is 45.1 Å². The minimum atomic E-state index is -0.0693. The molecule has 0 spiro atoms. The molecular formula is C20H30N6O2. The molecule has 0 bridgehead atoms. The number of nitrogens with zero attached hydrogens (tertiary/aromatic N) is 5. The minimum absolute atomic E-state index is 0.0693. The zero-order chi connectivity index (χ0) is 19.7. The Kier molecular flexibility index (Phi) is 5.48. The maximum Gasteiger partial charge on any atom is 0.237 e. The first-order valence-electron chi connectivity index (χ1n) is 10.4. The van der Waals surface area contributed by atoms with Gasteiger partial charge in [-0.25, -0.2) is 9.97 Å². The van der Waals surface area contributed by atoms with Crippen LogP contribution in [-0.2, 0) is 22.6 Å². The summed E-state index contributed by atoms with van der Waals surface area (Å²) in [6, 6.07) is -0.0693. The number of anilines is 1. The lowest BCUT2D eigenvalue weighted by atomic mass is 10.0. The molecule has 8 heteroatoms. The number of fused-ring (bicyclic) bond motifs is 1. The third-order valence-electron chi connectivity index (χ3n) is 6.19. The number of rotatable bonds is 4. The van der Waals surface area contributed by atoms with Crippen molar-refractivity contribution >= 4 is 17.6 Å². The maximum atomic E-state index is 12.9. The van der Waals surface area contributed by atoms with Gasteiger partial charge < -0.3 is 15.1 Å². The largest absolute Gasteiger partial charge is 0.373 e. The van der Waals surface area contributed by atoms with Crippen LogP contribution in [-0.4, -0.2) is 76.3 Å². The summed E-state index contributed by atoms with van der Waals surface area (Å²) < 4.78 is 0. The lowest BCUT2D eigenvalue weighted by Gasteiger charge is -2.30. The minimum Gasteiger partial charge on any atom is -0.373 e. The molecule has 2 amide bonds. The first-order valence-corrected chi connectivity index (χ1v) is 10.4. The number of carbonyl (C=O) groups excluding carboxylic acids is 2. The van der Waals surface area contributed by atoms with E-state index in [1.54, 1.807) is 6.92 Å². The van der Waals surface area contributed by atoms with E-state index >= 15 is 0 Å². The van der Waals surface area contributed by atoms with Crippen molar-refractivity contribution in [2.24, 2.45) is 0 Å². The molecule has 1 atom stereocenters. The van der Waals surface area contributed by atoms with Crippen LogP contribution in [0.4, 0.5) is 5.82 Å². The van der Waals surface area contributed by atoms with Crippen molar-refractivity contribution in [1.29, 1.82) is 0 Å². The van der Waals surface area contributed by atoms with Crippen molar-refractivity contribution in [3.63, 3.8) is 0 Å². The molecule has 0 saturated carbocycles. The summed E-state index contributed by atoms with van der Waals surface area (Å²) in [7, 11) is 1.87. The SMILES string of the molecule is CNc1nc(C2CCCN2C(=O)CN2CCCC2)nc2c1CCN(C(C)=O)C2. The van der Waals surface area contributed by atoms with E-state index < -0.39 is 0 Å². The molecule has 3 aliphatic heterocycles. The molecule has 28 heavy (non-hydrogen) atoms. The van der Waals surface area contributed by atoms with E-state index in [0.29, 0.717) is 25.5 Å². The van der Waals surface area contributed by atoms with Crippen LogP contribution in [0, 0.1) is 0 Å². The number of carbonyl (C=O) groups is 2. The van der Waals surface area contributed by atoms with Gasteiger partial charge >= 0.3 is 0 Å². The van der Waals surface area contributed by atoms with E-state index in [4.69, 9.17) is 9.97 Å². The predicted octanol–water partition coefficient (Wildman–Crippen LogP) is 1.18. The van der Waals surface area contributed by atoms with Crippen molar-refractivity contribution in [2.45, 2.75) is 51.6 Å². The first kappa shape index (κ1) is 19.1. The van der Waals surface area contributed by atoms with Crippen LogP contribution in [0.1, 0.15) is 55.7 Å². The van der Waals surface area contributed by atoms with Gasteiger partial charge in [0.1, 0.15) is 5.82 Å². The Bertz CT molecular complexity index is 761. The summed E-state index contributed by atoms with van der Waals surface area (Å²) in [6.45, 7) is 6.12. The number of aromatic nitrogens is 2. The molecule has 1 unspecified atom stereocenters. The van der Waals surface area contributed by atoms with Gasteiger partial charge in [-0.3, -0.25) is 14.5 Å². The van der Waals surface area contributed by atoms with Gasteiger partial charge in [-0.15, -0.1) is 0 Å². The fourth-order valence-corrected chi connectivity index (χ4v) is 4.63. The molecule has 2 saturated heterocycles. The summed E-state index contributed by atoms with van der Waals surface area (Å²) in [6.07, 6.45) is 4.99. The summed E-state index contributed by atoms with van der Waals surface area (Å²) in [4.78, 5) is 40.4. The highest BCUT2D eigenvalue weighted by Crippen LogP contribution is 2.33. The Morgan fingerprint density at radius 1 is 1.11 bits per heavy atom. The second kappa shape index (κ2) is 8.03. The fraction of sp³-hybridized carbons (Fsp3) is 0.700. The van der Waals surface area contributed by atoms with Gasteiger partial charge in [-0.2, -0.15) is 0 Å². The highest BCUT2D eigenvalue weighted by Gasteiger charge is 2.34. The molecule has 152 valence electrons. The molecule has 0 radical (unpaired) electrons. The number of hydrogen-bond acceptors (Lipinski definition) is 6. The Hall–Kier alpha value is -2.22. The van der Waals surface area contributed by atoms with Gasteiger partial charge in [0.2, 0.25) is 11.8 Å². The van der Waals surface area contributed by atoms with Gasteiger partial charge in [-0.05, 0) is 45.2 Å².